The number of nitrogens with one attached hydrogen (secondary N) is 1. The summed E-state index contributed by atoms with van der Waals surface area (Å²) in [7, 11) is 1.71. The standard InChI is InChI=1S/C13H15F3N2O2/c1-17-11-3-2-8-18(12(11)19)9-4-6-10(7-5-9)20-13(14,15)16/h4-7,11,17H,2-3,8H2,1H3. The molecule has 1 amide bonds. The largest absolute Gasteiger partial charge is 0.573 e. The van der Waals surface area contributed by atoms with Gasteiger partial charge < -0.3 is 15.0 Å². The van der Waals surface area contributed by atoms with Gasteiger partial charge in [0, 0.05) is 12.2 Å². The summed E-state index contributed by atoms with van der Waals surface area (Å²) < 4.78 is 40.0. The first kappa shape index (κ1) is 14.6. The number of carbonyl (C=O) groups is 1. The maximum Gasteiger partial charge on any atom is 0.573 e. The van der Waals surface area contributed by atoms with E-state index in [1.165, 1.54) is 24.3 Å². The average Bonchev–Trinajstić information content (AvgIpc) is 2.38. The maximum absolute atomic E-state index is 12.1. The number of alkyl halides is 3. The number of likely N-dealkylation sites (N-methyl/N-ethyl adjacent to an activating group) is 1. The molecule has 1 N–H and O–H groups in total. The van der Waals surface area contributed by atoms with E-state index in [1.54, 1.807) is 11.9 Å². The molecule has 4 nitrogen and oxygen atoms in total. The third-order valence-electron chi connectivity index (χ3n) is 3.17. The number of halogens is 3. The summed E-state index contributed by atoms with van der Waals surface area (Å²) in [6.45, 7) is 0.566. The van der Waals surface area contributed by atoms with Crippen LogP contribution in [0.5, 0.6) is 5.75 Å². The van der Waals surface area contributed by atoms with Crippen LogP contribution in [0, 0.1) is 0 Å². The topological polar surface area (TPSA) is 41.6 Å². The summed E-state index contributed by atoms with van der Waals surface area (Å²) in [5.74, 6) is -0.362. The number of ether oxygens (including phenoxy) is 1. The number of carbonyl (C=O) groups excluding carboxylic acids is 1. The van der Waals surface area contributed by atoms with Crippen LogP contribution in [-0.2, 0) is 4.79 Å². The van der Waals surface area contributed by atoms with Crippen molar-refractivity contribution in [2.24, 2.45) is 0 Å². The zero-order chi connectivity index (χ0) is 14.8. The third-order valence-corrected chi connectivity index (χ3v) is 3.17. The van der Waals surface area contributed by atoms with Gasteiger partial charge in [-0.15, -0.1) is 13.2 Å². The predicted octanol–water partition coefficient (Wildman–Crippen LogP) is 2.30. The highest BCUT2D eigenvalue weighted by Gasteiger charge is 2.31. The molecule has 1 saturated heterocycles. The lowest BCUT2D eigenvalue weighted by molar-refractivity contribution is -0.274. The van der Waals surface area contributed by atoms with E-state index in [0.29, 0.717) is 12.2 Å². The number of benzene rings is 1. The first-order valence-corrected chi connectivity index (χ1v) is 6.25. The van der Waals surface area contributed by atoms with Gasteiger partial charge >= 0.3 is 6.36 Å². The molecule has 0 aliphatic carbocycles. The van der Waals surface area contributed by atoms with E-state index in [9.17, 15) is 18.0 Å². The van der Waals surface area contributed by atoms with E-state index in [2.05, 4.69) is 10.1 Å². The Morgan fingerprint density at radius 3 is 2.50 bits per heavy atom. The monoisotopic (exact) mass is 288 g/mol. The van der Waals surface area contributed by atoms with Gasteiger partial charge in [0.15, 0.2) is 0 Å². The second-order valence-electron chi connectivity index (χ2n) is 4.52. The van der Waals surface area contributed by atoms with Gasteiger partial charge in [-0.3, -0.25) is 4.79 Å². The third kappa shape index (κ3) is 3.41. The molecule has 0 spiro atoms. The molecule has 2 rings (SSSR count). The fourth-order valence-corrected chi connectivity index (χ4v) is 2.23. The normalized spacial score (nSPS) is 20.1. The van der Waals surface area contributed by atoms with E-state index >= 15 is 0 Å². The van der Waals surface area contributed by atoms with Gasteiger partial charge in [-0.1, -0.05) is 0 Å². The van der Waals surface area contributed by atoms with Gasteiger partial charge in [-0.25, -0.2) is 0 Å². The molecule has 1 fully saturated rings. The van der Waals surface area contributed by atoms with E-state index in [0.717, 1.165) is 12.8 Å². The van der Waals surface area contributed by atoms with Crippen LogP contribution in [0.1, 0.15) is 12.8 Å². The van der Waals surface area contributed by atoms with Crippen molar-refractivity contribution in [2.45, 2.75) is 25.2 Å². The van der Waals surface area contributed by atoms with Crippen molar-refractivity contribution >= 4 is 11.6 Å². The molecule has 1 aliphatic heterocycles. The Labute approximate surface area is 114 Å². The second-order valence-corrected chi connectivity index (χ2v) is 4.52. The molecular weight excluding hydrogens is 273 g/mol. The highest BCUT2D eigenvalue weighted by molar-refractivity contribution is 5.97. The van der Waals surface area contributed by atoms with Crippen molar-refractivity contribution in [1.29, 1.82) is 0 Å². The molecular formula is C13H15F3N2O2. The van der Waals surface area contributed by atoms with Crippen LogP contribution in [-0.4, -0.2) is 31.9 Å². The summed E-state index contributed by atoms with van der Waals surface area (Å²) in [5, 5.41) is 2.93. The van der Waals surface area contributed by atoms with E-state index < -0.39 is 6.36 Å². The van der Waals surface area contributed by atoms with E-state index in [1.807, 2.05) is 0 Å². The SMILES string of the molecule is CNC1CCCN(c2ccc(OC(F)(F)F)cc2)C1=O. The molecule has 7 heteroatoms. The molecule has 0 saturated carbocycles. The maximum atomic E-state index is 12.1. The lowest BCUT2D eigenvalue weighted by Gasteiger charge is -2.32. The lowest BCUT2D eigenvalue weighted by atomic mass is 10.0. The zero-order valence-electron chi connectivity index (χ0n) is 10.9. The van der Waals surface area contributed by atoms with Gasteiger partial charge in [0.25, 0.3) is 0 Å². The molecule has 0 aromatic heterocycles. The Morgan fingerprint density at radius 2 is 1.95 bits per heavy atom. The number of piperidine rings is 1. The van der Waals surface area contributed by atoms with Gasteiger partial charge in [-0.2, -0.15) is 0 Å². The Bertz CT molecular complexity index is 473. The van der Waals surface area contributed by atoms with Crippen LogP contribution >= 0.6 is 0 Å². The quantitative estimate of drug-likeness (QED) is 0.928. The highest BCUT2D eigenvalue weighted by atomic mass is 19.4. The Hall–Kier alpha value is -1.76. The summed E-state index contributed by atoms with van der Waals surface area (Å²) >= 11 is 0. The molecule has 1 unspecified atom stereocenters. The molecule has 0 radical (unpaired) electrons. The number of hydrogen-bond donors (Lipinski definition) is 1. The minimum atomic E-state index is -4.71. The fourth-order valence-electron chi connectivity index (χ4n) is 2.23. The van der Waals surface area contributed by atoms with Crippen molar-refractivity contribution in [1.82, 2.24) is 5.32 Å². The molecule has 1 aromatic rings. The van der Waals surface area contributed by atoms with E-state index in [4.69, 9.17) is 0 Å². The fraction of sp³-hybridized carbons (Fsp3) is 0.462. The summed E-state index contributed by atoms with van der Waals surface area (Å²) in [6, 6.07) is 5.08. The lowest BCUT2D eigenvalue weighted by Crippen LogP contribution is -2.49. The number of anilines is 1. The number of hydrogen-bond acceptors (Lipinski definition) is 3. The summed E-state index contributed by atoms with van der Waals surface area (Å²) in [6.07, 6.45) is -3.10. The van der Waals surface area contributed by atoms with Crippen molar-refractivity contribution in [3.05, 3.63) is 24.3 Å². The molecule has 1 atom stereocenters. The highest BCUT2D eigenvalue weighted by Crippen LogP contribution is 2.27. The average molecular weight is 288 g/mol. The van der Waals surface area contributed by atoms with Crippen LogP contribution in [0.2, 0.25) is 0 Å². The Kier molecular flexibility index (Phi) is 4.17. The van der Waals surface area contributed by atoms with Crippen LogP contribution in [0.4, 0.5) is 18.9 Å². The van der Waals surface area contributed by atoms with Gasteiger partial charge in [0.2, 0.25) is 5.91 Å². The van der Waals surface area contributed by atoms with Crippen LogP contribution in [0.25, 0.3) is 0 Å². The summed E-state index contributed by atoms with van der Waals surface area (Å²) in [5.41, 5.74) is 0.574. The minimum absolute atomic E-state index is 0.0664. The zero-order valence-corrected chi connectivity index (χ0v) is 10.9. The first-order chi connectivity index (χ1) is 9.40. The van der Waals surface area contributed by atoms with Crippen LogP contribution < -0.4 is 15.0 Å². The van der Waals surface area contributed by atoms with Crippen LogP contribution in [0.3, 0.4) is 0 Å². The number of amides is 1. The van der Waals surface area contributed by atoms with Gasteiger partial charge in [0.05, 0.1) is 6.04 Å². The van der Waals surface area contributed by atoms with Crippen molar-refractivity contribution < 1.29 is 22.7 Å². The molecule has 110 valence electrons. The molecule has 20 heavy (non-hydrogen) atoms. The Morgan fingerprint density at radius 1 is 1.30 bits per heavy atom. The first-order valence-electron chi connectivity index (χ1n) is 6.25. The van der Waals surface area contributed by atoms with Gasteiger partial charge in [-0.05, 0) is 44.2 Å². The van der Waals surface area contributed by atoms with Crippen molar-refractivity contribution in [3.8, 4) is 5.75 Å². The Balaban J connectivity index is 2.11. The van der Waals surface area contributed by atoms with Crippen molar-refractivity contribution in [2.75, 3.05) is 18.5 Å². The van der Waals surface area contributed by atoms with E-state index in [-0.39, 0.29) is 17.7 Å². The minimum Gasteiger partial charge on any atom is -0.406 e. The summed E-state index contributed by atoms with van der Waals surface area (Å²) in [4.78, 5) is 13.7. The molecule has 1 aliphatic rings. The second kappa shape index (κ2) is 5.70. The van der Waals surface area contributed by atoms with Crippen LogP contribution in [0.15, 0.2) is 24.3 Å². The molecule has 1 heterocycles. The van der Waals surface area contributed by atoms with Crippen molar-refractivity contribution in [3.63, 3.8) is 0 Å². The van der Waals surface area contributed by atoms with Gasteiger partial charge in [0.1, 0.15) is 5.75 Å². The predicted molar refractivity (Wildman–Crippen MR) is 67.6 cm³/mol. The smallest absolute Gasteiger partial charge is 0.406 e. The number of nitrogens with zero attached hydrogens (tertiary/aromatic N) is 1. The molecule has 0 bridgehead atoms. The molecule has 1 aromatic carbocycles. The number of rotatable bonds is 3.